The van der Waals surface area contributed by atoms with Gasteiger partial charge in [0, 0.05) is 11.6 Å². The lowest BCUT2D eigenvalue weighted by atomic mass is 9.84. The summed E-state index contributed by atoms with van der Waals surface area (Å²) in [7, 11) is 2.17. The van der Waals surface area contributed by atoms with Gasteiger partial charge in [-0.3, -0.25) is 4.90 Å². The third kappa shape index (κ3) is 1.85. The summed E-state index contributed by atoms with van der Waals surface area (Å²) in [4.78, 5) is 2.39. The molecule has 18 heavy (non-hydrogen) atoms. The molecule has 1 fully saturated rings. The van der Waals surface area contributed by atoms with Gasteiger partial charge < -0.3 is 15.2 Å². The monoisotopic (exact) mass is 248 g/mol. The van der Waals surface area contributed by atoms with E-state index in [-0.39, 0.29) is 0 Å². The van der Waals surface area contributed by atoms with E-state index in [2.05, 4.69) is 18.0 Å². The van der Waals surface area contributed by atoms with Crippen molar-refractivity contribution in [2.24, 2.45) is 11.7 Å². The zero-order valence-electron chi connectivity index (χ0n) is 10.8. The summed E-state index contributed by atoms with van der Waals surface area (Å²) in [5.74, 6) is 2.27. The van der Waals surface area contributed by atoms with Crippen LogP contribution >= 0.6 is 0 Å². The second-order valence-electron chi connectivity index (χ2n) is 5.14. The van der Waals surface area contributed by atoms with Crippen molar-refractivity contribution < 1.29 is 9.47 Å². The Hall–Kier alpha value is -1.26. The van der Waals surface area contributed by atoms with Crippen LogP contribution < -0.4 is 15.2 Å². The van der Waals surface area contributed by atoms with E-state index < -0.39 is 0 Å². The van der Waals surface area contributed by atoms with Crippen molar-refractivity contribution in [2.45, 2.75) is 18.9 Å². The van der Waals surface area contributed by atoms with Gasteiger partial charge in [-0.15, -0.1) is 0 Å². The molecule has 2 N–H and O–H groups in total. The topological polar surface area (TPSA) is 47.7 Å². The summed E-state index contributed by atoms with van der Waals surface area (Å²) < 4.78 is 11.1. The van der Waals surface area contributed by atoms with E-state index in [1.807, 2.05) is 12.1 Å². The Labute approximate surface area is 108 Å². The predicted molar refractivity (Wildman–Crippen MR) is 69.7 cm³/mol. The van der Waals surface area contributed by atoms with Gasteiger partial charge in [0.05, 0.1) is 0 Å². The lowest BCUT2D eigenvalue weighted by Crippen LogP contribution is -2.39. The van der Waals surface area contributed by atoms with Crippen LogP contribution in [-0.4, -0.2) is 31.8 Å². The molecule has 3 rings (SSSR count). The second kappa shape index (κ2) is 4.78. The second-order valence-corrected chi connectivity index (χ2v) is 5.14. The highest BCUT2D eigenvalue weighted by atomic mass is 16.7. The minimum absolute atomic E-state index is 0.329. The number of hydrogen-bond donors (Lipinski definition) is 1. The summed E-state index contributed by atoms with van der Waals surface area (Å²) >= 11 is 0. The van der Waals surface area contributed by atoms with Gasteiger partial charge >= 0.3 is 0 Å². The predicted octanol–water partition coefficient (Wildman–Crippen LogP) is 1.76. The fourth-order valence-electron chi connectivity index (χ4n) is 3.18. The van der Waals surface area contributed by atoms with Crippen molar-refractivity contribution in [3.05, 3.63) is 23.8 Å². The fraction of sp³-hybridized carbons (Fsp3) is 0.571. The summed E-state index contributed by atoms with van der Waals surface area (Å²) in [5, 5.41) is 0. The average Bonchev–Trinajstić information content (AvgIpc) is 2.86. The Morgan fingerprint density at radius 2 is 2.28 bits per heavy atom. The zero-order chi connectivity index (χ0) is 12.5. The summed E-state index contributed by atoms with van der Waals surface area (Å²) in [6.07, 6.45) is 2.41. The first-order chi connectivity index (χ1) is 8.81. The molecular formula is C14H20N2O2. The molecule has 2 aliphatic heterocycles. The number of likely N-dealkylation sites (tertiary alicyclic amines) is 1. The third-order valence-corrected chi connectivity index (χ3v) is 4.06. The maximum atomic E-state index is 5.94. The zero-order valence-corrected chi connectivity index (χ0v) is 10.8. The molecular weight excluding hydrogens is 228 g/mol. The van der Waals surface area contributed by atoms with E-state index >= 15 is 0 Å². The standard InChI is InChI=1S/C14H20N2O2/c1-16-7-3-4-10(8-15)13(16)11-5-2-6-12-14(11)18-9-17-12/h2,5-6,10,13H,3-4,7-9,15H2,1H3/t10-,13+/m1/s1. The molecule has 1 aromatic rings. The lowest BCUT2D eigenvalue weighted by Gasteiger charge is -2.39. The molecule has 4 nitrogen and oxygen atoms in total. The first kappa shape index (κ1) is 11.8. The molecule has 0 bridgehead atoms. The molecule has 1 saturated heterocycles. The lowest BCUT2D eigenvalue weighted by molar-refractivity contribution is 0.120. The molecule has 2 heterocycles. The van der Waals surface area contributed by atoms with Gasteiger partial charge in [0.2, 0.25) is 6.79 Å². The molecule has 4 heteroatoms. The molecule has 2 atom stereocenters. The Balaban J connectivity index is 1.99. The van der Waals surface area contributed by atoms with Crippen LogP contribution in [0.2, 0.25) is 0 Å². The van der Waals surface area contributed by atoms with Gasteiger partial charge in [0.15, 0.2) is 11.5 Å². The Bertz CT molecular complexity index is 436. The highest BCUT2D eigenvalue weighted by Crippen LogP contribution is 2.44. The molecule has 1 aromatic carbocycles. The summed E-state index contributed by atoms with van der Waals surface area (Å²) in [6.45, 7) is 2.17. The highest BCUT2D eigenvalue weighted by molar-refractivity contribution is 5.49. The van der Waals surface area contributed by atoms with Gasteiger partial charge in [0.25, 0.3) is 0 Å². The average molecular weight is 248 g/mol. The molecule has 0 unspecified atom stereocenters. The van der Waals surface area contributed by atoms with E-state index in [0.717, 1.165) is 24.6 Å². The van der Waals surface area contributed by atoms with Gasteiger partial charge in [-0.1, -0.05) is 12.1 Å². The molecule has 98 valence electrons. The van der Waals surface area contributed by atoms with Crippen LogP contribution in [0.15, 0.2) is 18.2 Å². The number of nitrogens with zero attached hydrogens (tertiary/aromatic N) is 1. The van der Waals surface area contributed by atoms with Crippen LogP contribution in [0.5, 0.6) is 11.5 Å². The van der Waals surface area contributed by atoms with E-state index in [4.69, 9.17) is 15.2 Å². The number of hydrogen-bond acceptors (Lipinski definition) is 4. The Morgan fingerprint density at radius 1 is 1.39 bits per heavy atom. The number of rotatable bonds is 2. The van der Waals surface area contributed by atoms with Crippen molar-refractivity contribution in [3.8, 4) is 11.5 Å². The fourth-order valence-corrected chi connectivity index (χ4v) is 3.18. The van der Waals surface area contributed by atoms with Gasteiger partial charge in [-0.25, -0.2) is 0 Å². The molecule has 2 aliphatic rings. The van der Waals surface area contributed by atoms with Crippen LogP contribution in [0, 0.1) is 5.92 Å². The minimum Gasteiger partial charge on any atom is -0.454 e. The molecule has 0 saturated carbocycles. The van der Waals surface area contributed by atoms with Gasteiger partial charge in [-0.05, 0) is 45.0 Å². The summed E-state index contributed by atoms with van der Waals surface area (Å²) in [6, 6.07) is 6.49. The van der Waals surface area contributed by atoms with Crippen molar-refractivity contribution >= 4 is 0 Å². The van der Waals surface area contributed by atoms with Crippen LogP contribution in [0.4, 0.5) is 0 Å². The first-order valence-corrected chi connectivity index (χ1v) is 6.60. The van der Waals surface area contributed by atoms with E-state index in [9.17, 15) is 0 Å². The van der Waals surface area contributed by atoms with E-state index in [1.54, 1.807) is 0 Å². The Morgan fingerprint density at radius 3 is 3.11 bits per heavy atom. The number of fused-ring (bicyclic) bond motifs is 1. The maximum Gasteiger partial charge on any atom is 0.231 e. The minimum atomic E-state index is 0.329. The van der Waals surface area contributed by atoms with Crippen LogP contribution in [0.1, 0.15) is 24.4 Å². The molecule has 0 amide bonds. The number of benzene rings is 1. The van der Waals surface area contributed by atoms with E-state index in [0.29, 0.717) is 18.8 Å². The molecule has 0 aliphatic carbocycles. The quantitative estimate of drug-likeness (QED) is 0.866. The largest absolute Gasteiger partial charge is 0.454 e. The number of ether oxygens (including phenoxy) is 2. The number of nitrogens with two attached hydrogens (primary N) is 1. The third-order valence-electron chi connectivity index (χ3n) is 4.06. The first-order valence-electron chi connectivity index (χ1n) is 6.60. The van der Waals surface area contributed by atoms with Crippen molar-refractivity contribution in [1.82, 2.24) is 4.90 Å². The van der Waals surface area contributed by atoms with Crippen LogP contribution in [0.3, 0.4) is 0 Å². The van der Waals surface area contributed by atoms with E-state index in [1.165, 1.54) is 18.4 Å². The SMILES string of the molecule is CN1CCC[C@H](CN)[C@H]1c1cccc2c1OCO2. The van der Waals surface area contributed by atoms with Crippen molar-refractivity contribution in [2.75, 3.05) is 26.9 Å². The molecule has 0 radical (unpaired) electrons. The summed E-state index contributed by atoms with van der Waals surface area (Å²) in [5.41, 5.74) is 7.16. The normalized spacial score (nSPS) is 27.4. The highest BCUT2D eigenvalue weighted by Gasteiger charge is 2.33. The van der Waals surface area contributed by atoms with Crippen molar-refractivity contribution in [3.63, 3.8) is 0 Å². The number of para-hydroxylation sites is 1. The van der Waals surface area contributed by atoms with Crippen LogP contribution in [-0.2, 0) is 0 Å². The smallest absolute Gasteiger partial charge is 0.231 e. The van der Waals surface area contributed by atoms with Crippen molar-refractivity contribution in [1.29, 1.82) is 0 Å². The molecule has 0 spiro atoms. The number of piperidine rings is 1. The van der Waals surface area contributed by atoms with Gasteiger partial charge in [-0.2, -0.15) is 0 Å². The maximum absolute atomic E-state index is 5.94. The Kier molecular flexibility index (Phi) is 3.14. The van der Waals surface area contributed by atoms with Gasteiger partial charge in [0.1, 0.15) is 0 Å². The van der Waals surface area contributed by atoms with Crippen LogP contribution in [0.25, 0.3) is 0 Å². The molecule has 0 aromatic heterocycles.